The van der Waals surface area contributed by atoms with Crippen LogP contribution in [-0.4, -0.2) is 5.16 Å². The SMILES string of the molecule is Cc1cc(NCc2ccccc2Cl)no1. The molecular formula is C11H11ClN2O. The van der Waals surface area contributed by atoms with Crippen molar-refractivity contribution in [1.29, 1.82) is 0 Å². The first-order valence-corrected chi connectivity index (χ1v) is 5.04. The molecule has 4 heteroatoms. The van der Waals surface area contributed by atoms with Crippen LogP contribution in [0.4, 0.5) is 5.82 Å². The predicted molar refractivity (Wildman–Crippen MR) is 60.0 cm³/mol. The third kappa shape index (κ3) is 2.50. The standard InChI is InChI=1S/C11H11ClN2O/c1-8-6-11(14-15-8)13-7-9-4-2-3-5-10(9)12/h2-6H,7H2,1H3,(H,13,14). The first kappa shape index (κ1) is 10.1. The fourth-order valence-electron chi connectivity index (χ4n) is 1.28. The van der Waals surface area contributed by atoms with E-state index in [1.807, 2.05) is 37.3 Å². The molecule has 0 atom stereocenters. The maximum absolute atomic E-state index is 6.01. The van der Waals surface area contributed by atoms with Gasteiger partial charge >= 0.3 is 0 Å². The minimum absolute atomic E-state index is 0.644. The third-order valence-electron chi connectivity index (χ3n) is 2.05. The second-order valence-corrected chi connectivity index (χ2v) is 3.67. The second kappa shape index (κ2) is 4.36. The van der Waals surface area contributed by atoms with E-state index >= 15 is 0 Å². The van der Waals surface area contributed by atoms with Gasteiger partial charge in [0, 0.05) is 17.6 Å². The van der Waals surface area contributed by atoms with Crippen LogP contribution >= 0.6 is 11.6 Å². The molecule has 15 heavy (non-hydrogen) atoms. The van der Waals surface area contributed by atoms with Crippen LogP contribution < -0.4 is 5.32 Å². The number of rotatable bonds is 3. The van der Waals surface area contributed by atoms with Gasteiger partial charge in [0.05, 0.1) is 0 Å². The molecule has 2 rings (SSSR count). The maximum Gasteiger partial charge on any atom is 0.169 e. The smallest absolute Gasteiger partial charge is 0.169 e. The Morgan fingerprint density at radius 3 is 2.87 bits per heavy atom. The molecule has 3 nitrogen and oxygen atoms in total. The van der Waals surface area contributed by atoms with E-state index in [1.165, 1.54) is 0 Å². The van der Waals surface area contributed by atoms with Crippen LogP contribution in [0.25, 0.3) is 0 Å². The van der Waals surface area contributed by atoms with E-state index in [0.29, 0.717) is 6.54 Å². The van der Waals surface area contributed by atoms with Crippen molar-refractivity contribution in [3.63, 3.8) is 0 Å². The Bertz CT molecular complexity index is 453. The van der Waals surface area contributed by atoms with E-state index in [-0.39, 0.29) is 0 Å². The molecule has 1 N–H and O–H groups in total. The molecule has 0 aliphatic heterocycles. The zero-order valence-electron chi connectivity index (χ0n) is 8.33. The lowest BCUT2D eigenvalue weighted by Gasteiger charge is -2.03. The third-order valence-corrected chi connectivity index (χ3v) is 2.41. The summed E-state index contributed by atoms with van der Waals surface area (Å²) < 4.78 is 4.94. The van der Waals surface area contributed by atoms with Crippen LogP contribution in [0.3, 0.4) is 0 Å². The number of nitrogens with zero attached hydrogens (tertiary/aromatic N) is 1. The first-order valence-electron chi connectivity index (χ1n) is 4.66. The molecule has 2 aromatic rings. The Morgan fingerprint density at radius 2 is 2.20 bits per heavy atom. The lowest BCUT2D eigenvalue weighted by Crippen LogP contribution is -1.99. The van der Waals surface area contributed by atoms with Crippen molar-refractivity contribution < 1.29 is 4.52 Å². The summed E-state index contributed by atoms with van der Waals surface area (Å²) in [5, 5.41) is 7.72. The zero-order valence-corrected chi connectivity index (χ0v) is 9.08. The minimum atomic E-state index is 0.644. The molecule has 1 heterocycles. The van der Waals surface area contributed by atoms with Crippen LogP contribution in [0.15, 0.2) is 34.9 Å². The molecule has 0 spiro atoms. The highest BCUT2D eigenvalue weighted by atomic mass is 35.5. The van der Waals surface area contributed by atoms with Crippen molar-refractivity contribution in [2.45, 2.75) is 13.5 Å². The van der Waals surface area contributed by atoms with E-state index in [0.717, 1.165) is 22.2 Å². The highest BCUT2D eigenvalue weighted by Crippen LogP contribution is 2.16. The fourth-order valence-corrected chi connectivity index (χ4v) is 1.48. The first-order chi connectivity index (χ1) is 7.25. The number of hydrogen-bond donors (Lipinski definition) is 1. The van der Waals surface area contributed by atoms with Gasteiger partial charge in [0.1, 0.15) is 5.76 Å². The Labute approximate surface area is 93.0 Å². The van der Waals surface area contributed by atoms with Gasteiger partial charge in [-0.05, 0) is 18.6 Å². The lowest BCUT2D eigenvalue weighted by molar-refractivity contribution is 0.399. The number of benzene rings is 1. The number of hydrogen-bond acceptors (Lipinski definition) is 3. The van der Waals surface area contributed by atoms with Gasteiger partial charge in [-0.3, -0.25) is 0 Å². The van der Waals surface area contributed by atoms with Crippen molar-refractivity contribution in [2.75, 3.05) is 5.32 Å². The van der Waals surface area contributed by atoms with Gasteiger partial charge < -0.3 is 9.84 Å². The zero-order chi connectivity index (χ0) is 10.7. The number of aryl methyl sites for hydroxylation is 1. The van der Waals surface area contributed by atoms with Gasteiger partial charge in [0.15, 0.2) is 5.82 Å². The Hall–Kier alpha value is -1.48. The van der Waals surface area contributed by atoms with Gasteiger partial charge in [-0.25, -0.2) is 0 Å². The maximum atomic E-state index is 6.01. The van der Waals surface area contributed by atoms with Gasteiger partial charge in [0.2, 0.25) is 0 Å². The van der Waals surface area contributed by atoms with E-state index in [1.54, 1.807) is 0 Å². The summed E-state index contributed by atoms with van der Waals surface area (Å²) in [5.74, 6) is 1.52. The molecule has 0 bridgehead atoms. The Balaban J connectivity index is 2.02. The van der Waals surface area contributed by atoms with E-state index in [4.69, 9.17) is 16.1 Å². The van der Waals surface area contributed by atoms with Gasteiger partial charge in [-0.15, -0.1) is 0 Å². The topological polar surface area (TPSA) is 38.1 Å². The molecular weight excluding hydrogens is 212 g/mol. The summed E-state index contributed by atoms with van der Waals surface area (Å²) in [4.78, 5) is 0. The normalized spacial score (nSPS) is 10.3. The number of nitrogens with one attached hydrogen (secondary N) is 1. The van der Waals surface area contributed by atoms with Gasteiger partial charge in [-0.1, -0.05) is 35.0 Å². The van der Waals surface area contributed by atoms with E-state index in [9.17, 15) is 0 Å². The summed E-state index contributed by atoms with van der Waals surface area (Å²) in [7, 11) is 0. The molecule has 1 aromatic carbocycles. The Morgan fingerprint density at radius 1 is 1.40 bits per heavy atom. The molecule has 78 valence electrons. The van der Waals surface area contributed by atoms with Crippen molar-refractivity contribution in [3.8, 4) is 0 Å². The van der Waals surface area contributed by atoms with Gasteiger partial charge in [0.25, 0.3) is 0 Å². The summed E-state index contributed by atoms with van der Waals surface area (Å²) in [6, 6.07) is 9.55. The highest BCUT2D eigenvalue weighted by Gasteiger charge is 2.01. The van der Waals surface area contributed by atoms with E-state index in [2.05, 4.69) is 10.5 Å². The molecule has 0 amide bonds. The van der Waals surface area contributed by atoms with E-state index < -0.39 is 0 Å². The molecule has 1 aromatic heterocycles. The van der Waals surface area contributed by atoms with Crippen LogP contribution in [0.2, 0.25) is 5.02 Å². The number of aromatic nitrogens is 1. The molecule has 0 saturated carbocycles. The molecule has 0 radical (unpaired) electrons. The van der Waals surface area contributed by atoms with Crippen molar-refractivity contribution in [2.24, 2.45) is 0 Å². The summed E-state index contributed by atoms with van der Waals surface area (Å²) >= 11 is 6.01. The summed E-state index contributed by atoms with van der Waals surface area (Å²) in [6.45, 7) is 2.50. The highest BCUT2D eigenvalue weighted by molar-refractivity contribution is 6.31. The minimum Gasteiger partial charge on any atom is -0.363 e. The molecule has 0 aliphatic rings. The quantitative estimate of drug-likeness (QED) is 0.867. The summed E-state index contributed by atoms with van der Waals surface area (Å²) in [6.07, 6.45) is 0. The summed E-state index contributed by atoms with van der Waals surface area (Å²) in [5.41, 5.74) is 1.04. The number of anilines is 1. The molecule has 0 fully saturated rings. The average Bonchev–Trinajstić information content (AvgIpc) is 2.63. The van der Waals surface area contributed by atoms with Crippen LogP contribution in [-0.2, 0) is 6.54 Å². The fraction of sp³-hybridized carbons (Fsp3) is 0.182. The van der Waals surface area contributed by atoms with Crippen LogP contribution in [0.1, 0.15) is 11.3 Å². The van der Waals surface area contributed by atoms with Crippen molar-refractivity contribution in [3.05, 3.63) is 46.7 Å². The van der Waals surface area contributed by atoms with Gasteiger partial charge in [-0.2, -0.15) is 0 Å². The second-order valence-electron chi connectivity index (χ2n) is 3.27. The lowest BCUT2D eigenvalue weighted by atomic mass is 10.2. The molecule has 0 saturated heterocycles. The largest absolute Gasteiger partial charge is 0.363 e. The predicted octanol–water partition coefficient (Wildman–Crippen LogP) is 3.25. The Kier molecular flexibility index (Phi) is 2.92. The number of halogens is 1. The molecule has 0 aliphatic carbocycles. The average molecular weight is 223 g/mol. The molecule has 0 unspecified atom stereocenters. The monoisotopic (exact) mass is 222 g/mol. The van der Waals surface area contributed by atoms with Crippen LogP contribution in [0.5, 0.6) is 0 Å². The van der Waals surface area contributed by atoms with Crippen molar-refractivity contribution in [1.82, 2.24) is 5.16 Å². The van der Waals surface area contributed by atoms with Crippen molar-refractivity contribution >= 4 is 17.4 Å². The van der Waals surface area contributed by atoms with Crippen LogP contribution in [0, 0.1) is 6.92 Å².